The topological polar surface area (TPSA) is 137 Å². The van der Waals surface area contributed by atoms with Crippen LogP contribution < -0.4 is 30.3 Å². The molecule has 1 aliphatic rings. The number of benzene rings is 4. The summed E-state index contributed by atoms with van der Waals surface area (Å²) < 4.78 is 24.6. The Hall–Kier alpha value is -4.38. The fourth-order valence-electron chi connectivity index (χ4n) is 5.15. The number of amides is 3. The minimum Gasteiger partial charge on any atom is -0.493 e. The number of carbonyl (C=O) groups is 3. The molecule has 0 radical (unpaired) electrons. The molecule has 4 aromatic carbocycles. The molecule has 248 valence electrons. The smallest absolute Gasteiger partial charge is 0.338 e. The van der Waals surface area contributed by atoms with Gasteiger partial charge >= 0.3 is 12.0 Å². The third-order valence-electron chi connectivity index (χ3n) is 7.33. The number of nitrogens with zero attached hydrogens (tertiary/aromatic N) is 1. The van der Waals surface area contributed by atoms with Crippen molar-refractivity contribution < 1.29 is 33.3 Å². The number of hydrogen-bond acceptors (Lipinski definition) is 8. The quantitative estimate of drug-likeness (QED) is 0.0653. The van der Waals surface area contributed by atoms with E-state index in [4.69, 9.17) is 18.9 Å². The van der Waals surface area contributed by atoms with Gasteiger partial charge < -0.3 is 29.6 Å². The van der Waals surface area contributed by atoms with Gasteiger partial charge in [-0.2, -0.15) is 5.10 Å². The Morgan fingerprint density at radius 3 is 2.58 bits per heavy atom. The maximum absolute atomic E-state index is 12.7. The fourth-order valence-corrected chi connectivity index (χ4v) is 7.20. The molecular formula is C35H32I2N4O7. The van der Waals surface area contributed by atoms with Crippen LogP contribution in [0.3, 0.4) is 0 Å². The summed E-state index contributed by atoms with van der Waals surface area (Å²) in [4.78, 5) is 37.6. The van der Waals surface area contributed by atoms with E-state index in [0.717, 1.165) is 23.5 Å². The number of fused-ring (bicyclic) bond motifs is 1. The molecule has 11 nitrogen and oxygen atoms in total. The lowest BCUT2D eigenvalue weighted by Crippen LogP contribution is -2.45. The van der Waals surface area contributed by atoms with Crippen LogP contribution in [0.25, 0.3) is 10.8 Å². The zero-order chi connectivity index (χ0) is 34.2. The Balaban J connectivity index is 1.24. The van der Waals surface area contributed by atoms with Gasteiger partial charge in [-0.25, -0.2) is 15.0 Å². The highest BCUT2D eigenvalue weighted by Crippen LogP contribution is 2.35. The van der Waals surface area contributed by atoms with Gasteiger partial charge in [-0.3, -0.25) is 4.79 Å². The highest BCUT2D eigenvalue weighted by molar-refractivity contribution is 14.1. The molecule has 1 heterocycles. The van der Waals surface area contributed by atoms with Gasteiger partial charge in [0, 0.05) is 14.8 Å². The monoisotopic (exact) mass is 874 g/mol. The van der Waals surface area contributed by atoms with Crippen LogP contribution in [0.5, 0.6) is 17.2 Å². The highest BCUT2D eigenvalue weighted by Gasteiger charge is 2.32. The predicted molar refractivity (Wildman–Crippen MR) is 198 cm³/mol. The van der Waals surface area contributed by atoms with Crippen molar-refractivity contribution in [2.24, 2.45) is 5.10 Å². The number of allylic oxidation sites excluding steroid dienone is 1. The standard InChI is InChI=1S/C35H32I2N4O7/c1-4-46-34(43)31-20(2)39-35(44)40-32(31)22-12-13-28(29(15-22)45-3)47-19-30(42)41-38-17-24-14-25(36)16-27(37)33(24)48-18-23-10-7-9-21-8-5-6-11-26(21)23/h5-17,32H,4,18-19H2,1-3H3,(H,41,42)(H2,39,40,44)/b38-17+/t32-/m0/s1. The third kappa shape index (κ3) is 8.36. The zero-order valence-electron chi connectivity index (χ0n) is 26.3. The van der Waals surface area contributed by atoms with Crippen LogP contribution >= 0.6 is 45.2 Å². The molecule has 4 aromatic rings. The van der Waals surface area contributed by atoms with Crippen LogP contribution in [0.4, 0.5) is 4.79 Å². The summed E-state index contributed by atoms with van der Waals surface area (Å²) in [5.41, 5.74) is 5.50. The second kappa shape index (κ2) is 16.1. The predicted octanol–water partition coefficient (Wildman–Crippen LogP) is 6.36. The second-order valence-corrected chi connectivity index (χ2v) is 12.9. The first kappa shape index (κ1) is 34.9. The Kier molecular flexibility index (Phi) is 11.8. The zero-order valence-corrected chi connectivity index (χ0v) is 30.6. The van der Waals surface area contributed by atoms with Gasteiger partial charge in [0.2, 0.25) is 0 Å². The number of urea groups is 1. The van der Waals surface area contributed by atoms with Gasteiger partial charge in [-0.05, 0) is 105 Å². The largest absolute Gasteiger partial charge is 0.493 e. The molecule has 0 aliphatic carbocycles. The lowest BCUT2D eigenvalue weighted by Gasteiger charge is -2.28. The summed E-state index contributed by atoms with van der Waals surface area (Å²) >= 11 is 4.46. The van der Waals surface area contributed by atoms with Gasteiger partial charge in [0.15, 0.2) is 18.1 Å². The summed E-state index contributed by atoms with van der Waals surface area (Å²) in [6.45, 7) is 3.54. The maximum Gasteiger partial charge on any atom is 0.338 e. The number of esters is 1. The summed E-state index contributed by atoms with van der Waals surface area (Å²) in [5, 5.41) is 11.8. The van der Waals surface area contributed by atoms with Crippen LogP contribution in [-0.4, -0.2) is 44.4 Å². The summed E-state index contributed by atoms with van der Waals surface area (Å²) in [6.07, 6.45) is 1.54. The molecule has 0 fully saturated rings. The average molecular weight is 874 g/mol. The number of hydrogen-bond donors (Lipinski definition) is 3. The number of methoxy groups -OCH3 is 1. The van der Waals surface area contributed by atoms with Crippen molar-refractivity contribution in [3.8, 4) is 17.2 Å². The van der Waals surface area contributed by atoms with Gasteiger partial charge in [-0.15, -0.1) is 0 Å². The maximum atomic E-state index is 12.7. The normalized spacial score (nSPS) is 14.4. The Bertz CT molecular complexity index is 1920. The van der Waals surface area contributed by atoms with Crippen molar-refractivity contribution >= 4 is 80.1 Å². The van der Waals surface area contributed by atoms with Gasteiger partial charge in [-0.1, -0.05) is 48.5 Å². The molecule has 3 amide bonds. The molecule has 1 atom stereocenters. The number of ether oxygens (including phenoxy) is 4. The first-order chi connectivity index (χ1) is 23.2. The Morgan fingerprint density at radius 1 is 1.00 bits per heavy atom. The van der Waals surface area contributed by atoms with Crippen LogP contribution in [-0.2, 0) is 20.9 Å². The van der Waals surface area contributed by atoms with Crippen LogP contribution in [0.15, 0.2) is 89.2 Å². The molecule has 0 unspecified atom stereocenters. The highest BCUT2D eigenvalue weighted by atomic mass is 127. The second-order valence-electron chi connectivity index (χ2n) is 10.5. The molecule has 0 aromatic heterocycles. The molecule has 0 bridgehead atoms. The molecule has 0 saturated carbocycles. The Labute approximate surface area is 304 Å². The van der Waals surface area contributed by atoms with Crippen molar-refractivity contribution in [3.05, 3.63) is 108 Å². The lowest BCUT2D eigenvalue weighted by atomic mass is 9.95. The van der Waals surface area contributed by atoms with E-state index in [1.165, 1.54) is 7.11 Å². The first-order valence-electron chi connectivity index (χ1n) is 14.8. The minimum absolute atomic E-state index is 0.184. The minimum atomic E-state index is -0.775. The number of hydrazone groups is 1. The van der Waals surface area contributed by atoms with E-state index in [-0.39, 0.29) is 24.5 Å². The fraction of sp³-hybridized carbons (Fsp3) is 0.200. The van der Waals surface area contributed by atoms with E-state index >= 15 is 0 Å². The Morgan fingerprint density at radius 2 is 1.79 bits per heavy atom. The van der Waals surface area contributed by atoms with E-state index in [1.54, 1.807) is 38.3 Å². The van der Waals surface area contributed by atoms with E-state index in [2.05, 4.69) is 84.5 Å². The molecule has 5 rings (SSSR count). The van der Waals surface area contributed by atoms with Crippen LogP contribution in [0.1, 0.15) is 36.6 Å². The third-order valence-corrected chi connectivity index (χ3v) is 8.75. The van der Waals surface area contributed by atoms with E-state index in [9.17, 15) is 14.4 Å². The van der Waals surface area contributed by atoms with Crippen LogP contribution in [0.2, 0.25) is 0 Å². The van der Waals surface area contributed by atoms with E-state index in [0.29, 0.717) is 34.9 Å². The van der Waals surface area contributed by atoms with Crippen molar-refractivity contribution in [1.29, 1.82) is 0 Å². The average Bonchev–Trinajstić information content (AvgIpc) is 3.06. The summed E-state index contributed by atoms with van der Waals surface area (Å²) in [7, 11) is 1.45. The lowest BCUT2D eigenvalue weighted by molar-refractivity contribution is -0.139. The van der Waals surface area contributed by atoms with Crippen molar-refractivity contribution in [3.63, 3.8) is 0 Å². The first-order valence-corrected chi connectivity index (χ1v) is 17.0. The molecule has 0 saturated heterocycles. The molecule has 48 heavy (non-hydrogen) atoms. The van der Waals surface area contributed by atoms with Crippen molar-refractivity contribution in [2.45, 2.75) is 26.5 Å². The number of halogens is 2. The molecule has 0 spiro atoms. The molecular weight excluding hydrogens is 842 g/mol. The SMILES string of the molecule is CCOC(=O)C1=C(C)NC(=O)N[C@H]1c1ccc(OCC(=O)N/N=C/c2cc(I)cc(I)c2OCc2cccc3ccccc23)c(OC)c1. The van der Waals surface area contributed by atoms with Gasteiger partial charge in [0.05, 0.1) is 35.1 Å². The van der Waals surface area contributed by atoms with Gasteiger partial charge in [0.1, 0.15) is 12.4 Å². The summed E-state index contributed by atoms with van der Waals surface area (Å²) in [6, 6.07) is 21.9. The van der Waals surface area contributed by atoms with Crippen molar-refractivity contribution in [1.82, 2.24) is 16.1 Å². The van der Waals surface area contributed by atoms with E-state index in [1.807, 2.05) is 36.4 Å². The molecule has 1 aliphatic heterocycles. The molecule has 3 N–H and O–H groups in total. The number of nitrogens with one attached hydrogen (secondary N) is 3. The van der Waals surface area contributed by atoms with Crippen LogP contribution in [0, 0.1) is 7.14 Å². The van der Waals surface area contributed by atoms with Crippen molar-refractivity contribution in [2.75, 3.05) is 20.3 Å². The molecule has 13 heteroatoms. The van der Waals surface area contributed by atoms with E-state index < -0.39 is 23.9 Å². The summed E-state index contributed by atoms with van der Waals surface area (Å²) in [5.74, 6) is 0.204. The number of carbonyl (C=O) groups excluding carboxylic acids is 3. The van der Waals surface area contributed by atoms with Gasteiger partial charge in [0.25, 0.3) is 5.91 Å². The number of rotatable bonds is 12.